The lowest BCUT2D eigenvalue weighted by Gasteiger charge is -2.38. The Hall–Kier alpha value is -2.57. The molecule has 0 radical (unpaired) electrons. The van der Waals surface area contributed by atoms with Crippen LogP contribution in [0.5, 0.6) is 0 Å². The number of aromatic nitrogens is 3. The van der Waals surface area contributed by atoms with Gasteiger partial charge in [-0.3, -0.25) is 4.79 Å². The number of allylic oxidation sites excluding steroid dienone is 2. The topological polar surface area (TPSA) is 59.8 Å². The first-order valence-electron chi connectivity index (χ1n) is 10.7. The molecule has 0 bridgehead atoms. The van der Waals surface area contributed by atoms with E-state index in [0.717, 1.165) is 29.0 Å². The fourth-order valence-electron chi connectivity index (χ4n) is 4.52. The molecule has 0 saturated heterocycles. The monoisotopic (exact) mass is 464 g/mol. The van der Waals surface area contributed by atoms with E-state index in [2.05, 4.69) is 44.3 Å². The Kier molecular flexibility index (Phi) is 5.38. The lowest BCUT2D eigenvalue weighted by atomic mass is 9.73. The van der Waals surface area contributed by atoms with Crippen LogP contribution in [0.4, 0.5) is 5.95 Å². The second-order valence-corrected chi connectivity index (χ2v) is 10.7. The maximum atomic E-state index is 13.3. The van der Waals surface area contributed by atoms with E-state index < -0.39 is 0 Å². The van der Waals surface area contributed by atoms with Crippen LogP contribution in [0.15, 0.2) is 65.0 Å². The number of thioether (sulfide) groups is 1. The van der Waals surface area contributed by atoms with E-state index in [0.29, 0.717) is 22.5 Å². The third-order valence-corrected chi connectivity index (χ3v) is 7.25. The Balaban J connectivity index is 1.53. The van der Waals surface area contributed by atoms with E-state index in [1.54, 1.807) is 11.8 Å². The summed E-state index contributed by atoms with van der Waals surface area (Å²) in [7, 11) is 0. The van der Waals surface area contributed by atoms with Gasteiger partial charge < -0.3 is 5.32 Å². The van der Waals surface area contributed by atoms with E-state index in [-0.39, 0.29) is 17.2 Å². The van der Waals surface area contributed by atoms with Crippen molar-refractivity contribution in [2.75, 3.05) is 5.32 Å². The van der Waals surface area contributed by atoms with E-state index >= 15 is 0 Å². The van der Waals surface area contributed by atoms with Crippen LogP contribution in [-0.4, -0.2) is 20.5 Å². The van der Waals surface area contributed by atoms with Crippen molar-refractivity contribution in [1.82, 2.24) is 14.8 Å². The highest BCUT2D eigenvalue weighted by molar-refractivity contribution is 7.98. The minimum atomic E-state index is -0.303. The number of anilines is 1. The number of carbonyl (C=O) groups excluding carboxylic acids is 1. The van der Waals surface area contributed by atoms with Gasteiger partial charge in [0.15, 0.2) is 5.78 Å². The number of halogens is 1. The molecule has 1 aromatic heterocycles. The van der Waals surface area contributed by atoms with Gasteiger partial charge in [-0.1, -0.05) is 73.6 Å². The van der Waals surface area contributed by atoms with Crippen LogP contribution in [0.3, 0.4) is 0 Å². The van der Waals surface area contributed by atoms with Crippen molar-refractivity contribution in [2.24, 2.45) is 5.41 Å². The molecule has 1 aliphatic heterocycles. The van der Waals surface area contributed by atoms with Crippen LogP contribution >= 0.6 is 23.4 Å². The second kappa shape index (κ2) is 8.09. The molecule has 1 aliphatic carbocycles. The fraction of sp³-hybridized carbons (Fsp3) is 0.320. The summed E-state index contributed by atoms with van der Waals surface area (Å²) in [6.45, 7) is 6.39. The number of carbonyl (C=O) groups is 1. The van der Waals surface area contributed by atoms with Gasteiger partial charge in [0.1, 0.15) is 6.04 Å². The molecule has 1 atom stereocenters. The zero-order chi connectivity index (χ0) is 22.5. The number of ketones is 1. The number of hydrogen-bond donors (Lipinski definition) is 1. The maximum absolute atomic E-state index is 13.3. The van der Waals surface area contributed by atoms with Crippen molar-refractivity contribution in [3.05, 3.63) is 81.5 Å². The van der Waals surface area contributed by atoms with Crippen molar-refractivity contribution >= 4 is 35.1 Å². The predicted octanol–water partition coefficient (Wildman–Crippen LogP) is 6.19. The molecule has 2 heterocycles. The van der Waals surface area contributed by atoms with Crippen LogP contribution in [-0.2, 0) is 10.5 Å². The predicted molar refractivity (Wildman–Crippen MR) is 129 cm³/mol. The van der Waals surface area contributed by atoms with Crippen LogP contribution in [0.1, 0.15) is 49.4 Å². The number of aryl methyl sites for hydroxylation is 1. The summed E-state index contributed by atoms with van der Waals surface area (Å²) >= 11 is 7.75. The lowest BCUT2D eigenvalue weighted by molar-refractivity contribution is -0.118. The van der Waals surface area contributed by atoms with Crippen molar-refractivity contribution in [3.63, 3.8) is 0 Å². The fourth-order valence-corrected chi connectivity index (χ4v) is 5.55. The molecule has 2 aliphatic rings. The number of hydrogen-bond acceptors (Lipinski definition) is 5. The SMILES string of the molecule is Cc1ccccc1CSc1nc2n(n1)[C@@H](c1ccc(Cl)cc1)C1=C(CC(C)(C)CC1=O)N2. The van der Waals surface area contributed by atoms with Crippen LogP contribution < -0.4 is 5.32 Å². The third-order valence-electron chi connectivity index (χ3n) is 6.12. The molecule has 0 fully saturated rings. The Morgan fingerprint density at radius 2 is 1.91 bits per heavy atom. The largest absolute Gasteiger partial charge is 0.328 e. The number of nitrogens with zero attached hydrogens (tertiary/aromatic N) is 3. The minimum Gasteiger partial charge on any atom is -0.328 e. The average molecular weight is 465 g/mol. The summed E-state index contributed by atoms with van der Waals surface area (Å²) in [5, 5.41) is 9.62. The van der Waals surface area contributed by atoms with E-state index in [9.17, 15) is 4.79 Å². The van der Waals surface area contributed by atoms with Gasteiger partial charge in [-0.05, 0) is 47.6 Å². The maximum Gasteiger partial charge on any atom is 0.227 e. The molecule has 0 amide bonds. The van der Waals surface area contributed by atoms with E-state index in [1.165, 1.54) is 11.1 Å². The first-order valence-corrected chi connectivity index (χ1v) is 12.1. The number of Topliss-reactive ketones (excluding diaryl/α,β-unsaturated/α-hetero) is 1. The first-order chi connectivity index (χ1) is 15.3. The van der Waals surface area contributed by atoms with Crippen LogP contribution in [0.2, 0.25) is 5.02 Å². The van der Waals surface area contributed by atoms with E-state index in [1.807, 2.05) is 35.0 Å². The molecule has 5 nitrogen and oxygen atoms in total. The van der Waals surface area contributed by atoms with Crippen molar-refractivity contribution < 1.29 is 4.79 Å². The smallest absolute Gasteiger partial charge is 0.227 e. The van der Waals surface area contributed by atoms with Gasteiger partial charge in [0.2, 0.25) is 11.1 Å². The van der Waals surface area contributed by atoms with Crippen molar-refractivity contribution in [3.8, 4) is 0 Å². The van der Waals surface area contributed by atoms with Gasteiger partial charge in [-0.2, -0.15) is 4.98 Å². The zero-order valence-corrected chi connectivity index (χ0v) is 19.9. The van der Waals surface area contributed by atoms with Crippen LogP contribution in [0.25, 0.3) is 0 Å². The molecular formula is C25H25ClN4OS. The van der Waals surface area contributed by atoms with Gasteiger partial charge in [-0.25, -0.2) is 4.68 Å². The lowest BCUT2D eigenvalue weighted by Crippen LogP contribution is -2.36. The molecule has 0 spiro atoms. The van der Waals surface area contributed by atoms with Crippen molar-refractivity contribution in [2.45, 2.75) is 50.6 Å². The molecule has 164 valence electrons. The molecule has 3 aromatic rings. The van der Waals surface area contributed by atoms with Crippen molar-refractivity contribution in [1.29, 1.82) is 0 Å². The van der Waals surface area contributed by atoms with Gasteiger partial charge >= 0.3 is 0 Å². The van der Waals surface area contributed by atoms with Gasteiger partial charge in [-0.15, -0.1) is 5.10 Å². The molecule has 0 unspecified atom stereocenters. The Labute approximate surface area is 197 Å². The highest BCUT2D eigenvalue weighted by Crippen LogP contribution is 2.45. The number of benzene rings is 2. The van der Waals surface area contributed by atoms with Gasteiger partial charge in [0.25, 0.3) is 0 Å². The van der Waals surface area contributed by atoms with Gasteiger partial charge in [0.05, 0.1) is 0 Å². The van der Waals surface area contributed by atoms with Crippen LogP contribution in [0, 0.1) is 12.3 Å². The summed E-state index contributed by atoms with van der Waals surface area (Å²) in [6.07, 6.45) is 1.33. The number of rotatable bonds is 4. The summed E-state index contributed by atoms with van der Waals surface area (Å²) in [6, 6.07) is 15.7. The molecule has 32 heavy (non-hydrogen) atoms. The third kappa shape index (κ3) is 3.97. The normalized spacial score (nSPS) is 19.4. The standard InChI is InChI=1S/C25H25ClN4OS/c1-15-6-4-5-7-17(15)14-32-24-28-23-27-19-12-25(2,3)13-20(31)21(19)22(30(23)29-24)16-8-10-18(26)11-9-16/h4-11,22H,12-14H2,1-3H3,(H,27,28,29)/t22-/m0/s1. The zero-order valence-electron chi connectivity index (χ0n) is 18.4. The van der Waals surface area contributed by atoms with E-state index in [4.69, 9.17) is 21.7 Å². The molecule has 7 heteroatoms. The number of fused-ring (bicyclic) bond motifs is 1. The highest BCUT2D eigenvalue weighted by atomic mass is 35.5. The minimum absolute atomic E-state index is 0.0852. The summed E-state index contributed by atoms with van der Waals surface area (Å²) in [5.41, 5.74) is 5.17. The van der Waals surface area contributed by atoms with Gasteiger partial charge in [0, 0.05) is 28.5 Å². The Morgan fingerprint density at radius 1 is 1.16 bits per heavy atom. The summed E-state index contributed by atoms with van der Waals surface area (Å²) in [5.74, 6) is 1.64. The molecule has 1 N–H and O–H groups in total. The molecular weight excluding hydrogens is 440 g/mol. The molecule has 0 saturated carbocycles. The molecule has 2 aromatic carbocycles. The second-order valence-electron chi connectivity index (χ2n) is 9.29. The molecule has 5 rings (SSSR count). The Bertz CT molecular complexity index is 1230. The summed E-state index contributed by atoms with van der Waals surface area (Å²) < 4.78 is 1.86. The Morgan fingerprint density at radius 3 is 2.66 bits per heavy atom. The number of nitrogens with one attached hydrogen (secondary N) is 1. The highest BCUT2D eigenvalue weighted by Gasteiger charge is 2.41. The first kappa shape index (κ1) is 21.3. The summed E-state index contributed by atoms with van der Waals surface area (Å²) in [4.78, 5) is 18.1. The quantitative estimate of drug-likeness (QED) is 0.466. The average Bonchev–Trinajstić information content (AvgIpc) is 3.14.